The summed E-state index contributed by atoms with van der Waals surface area (Å²) in [5, 5.41) is 0.896. The normalized spacial score (nSPS) is 14.6. The number of piperazine rings is 1. The second-order valence-electron chi connectivity index (χ2n) is 7.00. The molecule has 2 aromatic carbocycles. The summed E-state index contributed by atoms with van der Waals surface area (Å²) in [5.41, 5.74) is 2.37. The first kappa shape index (κ1) is 18.1. The molecule has 144 valence electrons. The minimum atomic E-state index is -0.127. The van der Waals surface area contributed by atoms with E-state index in [0.717, 1.165) is 28.0 Å². The number of carbonyl (C=O) groups excluding carboxylic acids is 2. The number of methoxy groups -OCH3 is 1. The Balaban J connectivity index is 1.42. The van der Waals surface area contributed by atoms with E-state index in [4.69, 9.17) is 9.15 Å². The fraction of sp³-hybridized carbons (Fsp3) is 0.273. The van der Waals surface area contributed by atoms with Gasteiger partial charge in [0, 0.05) is 30.6 Å². The van der Waals surface area contributed by atoms with Crippen LogP contribution in [0.2, 0.25) is 0 Å². The third-order valence-corrected chi connectivity index (χ3v) is 5.02. The van der Waals surface area contributed by atoms with Crippen LogP contribution in [0.5, 0.6) is 5.75 Å². The molecule has 1 fully saturated rings. The highest BCUT2D eigenvalue weighted by Crippen LogP contribution is 2.22. The number of nitrogens with zero attached hydrogens (tertiary/aromatic N) is 2. The topological polar surface area (TPSA) is 63.0 Å². The van der Waals surface area contributed by atoms with Crippen LogP contribution in [-0.4, -0.2) is 48.4 Å². The van der Waals surface area contributed by atoms with Gasteiger partial charge in [-0.2, -0.15) is 0 Å². The third kappa shape index (κ3) is 3.58. The van der Waals surface area contributed by atoms with Crippen molar-refractivity contribution in [2.75, 3.05) is 26.7 Å². The SMILES string of the molecule is COc1ccc(CN2CCN(C(=O)c3ccc4oc(C)cc4c3)CC2=O)cc1. The molecule has 1 aliphatic rings. The van der Waals surface area contributed by atoms with E-state index in [0.29, 0.717) is 25.2 Å². The van der Waals surface area contributed by atoms with Gasteiger partial charge in [-0.05, 0) is 48.9 Å². The molecule has 0 N–H and O–H groups in total. The first-order valence-electron chi connectivity index (χ1n) is 9.23. The number of aryl methyl sites for hydroxylation is 1. The predicted octanol–water partition coefficient (Wildman–Crippen LogP) is 3.23. The monoisotopic (exact) mass is 378 g/mol. The average Bonchev–Trinajstić information content (AvgIpc) is 3.08. The zero-order chi connectivity index (χ0) is 19.7. The number of hydrogen-bond donors (Lipinski definition) is 0. The molecule has 1 saturated heterocycles. The van der Waals surface area contributed by atoms with Gasteiger partial charge in [0.15, 0.2) is 0 Å². The van der Waals surface area contributed by atoms with Crippen LogP contribution in [0.3, 0.4) is 0 Å². The van der Waals surface area contributed by atoms with Crippen molar-refractivity contribution in [2.45, 2.75) is 13.5 Å². The molecule has 0 unspecified atom stereocenters. The smallest absolute Gasteiger partial charge is 0.254 e. The van der Waals surface area contributed by atoms with Gasteiger partial charge in [0.1, 0.15) is 23.6 Å². The number of hydrogen-bond acceptors (Lipinski definition) is 4. The number of fused-ring (bicyclic) bond motifs is 1. The minimum absolute atomic E-state index is 0.0457. The van der Waals surface area contributed by atoms with Gasteiger partial charge in [-0.3, -0.25) is 9.59 Å². The van der Waals surface area contributed by atoms with Crippen LogP contribution >= 0.6 is 0 Å². The number of furan rings is 1. The van der Waals surface area contributed by atoms with Crippen LogP contribution in [0.4, 0.5) is 0 Å². The van der Waals surface area contributed by atoms with Crippen molar-refractivity contribution in [3.05, 3.63) is 65.4 Å². The maximum Gasteiger partial charge on any atom is 0.254 e. The maximum atomic E-state index is 12.8. The Kier molecular flexibility index (Phi) is 4.77. The van der Waals surface area contributed by atoms with Gasteiger partial charge in [-0.15, -0.1) is 0 Å². The summed E-state index contributed by atoms with van der Waals surface area (Å²) in [6.45, 7) is 3.54. The highest BCUT2D eigenvalue weighted by molar-refractivity contribution is 5.99. The Morgan fingerprint density at radius 1 is 1.11 bits per heavy atom. The molecule has 0 saturated carbocycles. The molecule has 1 aliphatic heterocycles. The standard InChI is InChI=1S/C22H22N2O4/c1-15-11-18-12-17(5-8-20(18)28-15)22(26)24-10-9-23(21(25)14-24)13-16-3-6-19(27-2)7-4-16/h3-8,11-12H,9-10,13-14H2,1-2H3. The summed E-state index contributed by atoms with van der Waals surface area (Å²) >= 11 is 0. The Bertz CT molecular complexity index is 1020. The summed E-state index contributed by atoms with van der Waals surface area (Å²) in [6.07, 6.45) is 0. The van der Waals surface area contributed by atoms with Crippen molar-refractivity contribution in [2.24, 2.45) is 0 Å². The molecule has 0 spiro atoms. The molecule has 0 bridgehead atoms. The second kappa shape index (κ2) is 7.38. The number of benzene rings is 2. The number of ether oxygens (including phenoxy) is 1. The molecule has 0 radical (unpaired) electrons. The Morgan fingerprint density at radius 3 is 2.61 bits per heavy atom. The number of amides is 2. The van der Waals surface area contributed by atoms with Gasteiger partial charge in [0.25, 0.3) is 5.91 Å². The van der Waals surface area contributed by atoms with Gasteiger partial charge >= 0.3 is 0 Å². The van der Waals surface area contributed by atoms with E-state index < -0.39 is 0 Å². The van der Waals surface area contributed by atoms with E-state index in [1.54, 1.807) is 29.0 Å². The van der Waals surface area contributed by atoms with E-state index in [1.165, 1.54) is 0 Å². The fourth-order valence-electron chi connectivity index (χ4n) is 3.49. The minimum Gasteiger partial charge on any atom is -0.497 e. The molecular weight excluding hydrogens is 356 g/mol. The molecule has 1 aromatic heterocycles. The fourth-order valence-corrected chi connectivity index (χ4v) is 3.49. The van der Waals surface area contributed by atoms with Crippen molar-refractivity contribution in [3.63, 3.8) is 0 Å². The summed E-state index contributed by atoms with van der Waals surface area (Å²) in [5.74, 6) is 1.42. The zero-order valence-electron chi connectivity index (χ0n) is 16.0. The van der Waals surface area contributed by atoms with E-state index >= 15 is 0 Å². The lowest BCUT2D eigenvalue weighted by Gasteiger charge is -2.34. The van der Waals surface area contributed by atoms with Gasteiger partial charge < -0.3 is 19.0 Å². The van der Waals surface area contributed by atoms with Crippen molar-refractivity contribution >= 4 is 22.8 Å². The summed E-state index contributed by atoms with van der Waals surface area (Å²) < 4.78 is 10.7. The van der Waals surface area contributed by atoms with Crippen LogP contribution in [0.1, 0.15) is 21.7 Å². The van der Waals surface area contributed by atoms with Gasteiger partial charge in [-0.1, -0.05) is 12.1 Å². The first-order valence-corrected chi connectivity index (χ1v) is 9.23. The quantitative estimate of drug-likeness (QED) is 0.699. The van der Waals surface area contributed by atoms with Crippen molar-refractivity contribution in [1.29, 1.82) is 0 Å². The molecule has 2 heterocycles. The highest BCUT2D eigenvalue weighted by atomic mass is 16.5. The maximum absolute atomic E-state index is 12.8. The number of carbonyl (C=O) groups is 2. The van der Waals surface area contributed by atoms with Gasteiger partial charge in [0.05, 0.1) is 7.11 Å². The Morgan fingerprint density at radius 2 is 1.89 bits per heavy atom. The lowest BCUT2D eigenvalue weighted by atomic mass is 10.1. The molecule has 6 nitrogen and oxygen atoms in total. The van der Waals surface area contributed by atoms with Gasteiger partial charge in [-0.25, -0.2) is 0 Å². The van der Waals surface area contributed by atoms with E-state index in [-0.39, 0.29) is 18.4 Å². The van der Waals surface area contributed by atoms with E-state index in [9.17, 15) is 9.59 Å². The van der Waals surface area contributed by atoms with Crippen LogP contribution in [-0.2, 0) is 11.3 Å². The summed E-state index contributed by atoms with van der Waals surface area (Å²) in [7, 11) is 1.63. The first-order chi connectivity index (χ1) is 13.5. The molecule has 0 aliphatic carbocycles. The van der Waals surface area contributed by atoms with Crippen LogP contribution in [0, 0.1) is 6.92 Å². The molecule has 0 atom stereocenters. The molecule has 3 aromatic rings. The van der Waals surface area contributed by atoms with E-state index in [1.807, 2.05) is 43.3 Å². The molecule has 6 heteroatoms. The zero-order valence-corrected chi connectivity index (χ0v) is 16.0. The van der Waals surface area contributed by atoms with Crippen molar-refractivity contribution in [3.8, 4) is 5.75 Å². The largest absolute Gasteiger partial charge is 0.497 e. The lowest BCUT2D eigenvalue weighted by Crippen LogP contribution is -2.51. The van der Waals surface area contributed by atoms with Crippen LogP contribution in [0.25, 0.3) is 11.0 Å². The third-order valence-electron chi connectivity index (χ3n) is 5.02. The van der Waals surface area contributed by atoms with E-state index in [2.05, 4.69) is 0 Å². The highest BCUT2D eigenvalue weighted by Gasteiger charge is 2.28. The van der Waals surface area contributed by atoms with Crippen molar-refractivity contribution < 1.29 is 18.7 Å². The number of rotatable bonds is 4. The van der Waals surface area contributed by atoms with Crippen LogP contribution < -0.4 is 4.74 Å². The summed E-state index contributed by atoms with van der Waals surface area (Å²) in [6, 6.07) is 14.9. The molecule has 28 heavy (non-hydrogen) atoms. The van der Waals surface area contributed by atoms with Crippen LogP contribution in [0.15, 0.2) is 52.9 Å². The molecular formula is C22H22N2O4. The second-order valence-corrected chi connectivity index (χ2v) is 7.00. The van der Waals surface area contributed by atoms with Crippen molar-refractivity contribution in [1.82, 2.24) is 9.80 Å². The Hall–Kier alpha value is -3.28. The molecule has 2 amide bonds. The summed E-state index contributed by atoms with van der Waals surface area (Å²) in [4.78, 5) is 28.8. The van der Waals surface area contributed by atoms with Gasteiger partial charge in [0.2, 0.25) is 5.91 Å². The lowest BCUT2D eigenvalue weighted by molar-refractivity contribution is -0.135. The molecule has 4 rings (SSSR count). The predicted molar refractivity (Wildman–Crippen MR) is 105 cm³/mol. The average molecular weight is 378 g/mol. The Labute approximate surface area is 163 Å².